The van der Waals surface area contributed by atoms with Crippen molar-refractivity contribution in [1.29, 1.82) is 0 Å². The van der Waals surface area contributed by atoms with Gasteiger partial charge in [-0.15, -0.1) is 0 Å². The maximum atomic E-state index is 13.5. The SMILES string of the molecule is Cc1cc(Br)c(F)cc1NC(=O)C1CCC(C)CC1. The Labute approximate surface area is 121 Å². The van der Waals surface area contributed by atoms with Crippen LogP contribution in [0.25, 0.3) is 0 Å². The minimum atomic E-state index is -0.349. The highest BCUT2D eigenvalue weighted by molar-refractivity contribution is 9.10. The number of aryl methyl sites for hydroxylation is 1. The maximum Gasteiger partial charge on any atom is 0.227 e. The highest BCUT2D eigenvalue weighted by atomic mass is 79.9. The highest BCUT2D eigenvalue weighted by Crippen LogP contribution is 2.30. The predicted molar refractivity (Wildman–Crippen MR) is 78.6 cm³/mol. The zero-order chi connectivity index (χ0) is 14.0. The molecule has 1 aromatic rings. The molecule has 0 atom stereocenters. The molecule has 0 aliphatic heterocycles. The zero-order valence-electron chi connectivity index (χ0n) is 11.3. The van der Waals surface area contributed by atoms with Crippen molar-refractivity contribution in [2.24, 2.45) is 11.8 Å². The van der Waals surface area contributed by atoms with Crippen molar-refractivity contribution in [2.75, 3.05) is 5.32 Å². The van der Waals surface area contributed by atoms with E-state index in [4.69, 9.17) is 0 Å². The third-order valence-electron chi connectivity index (χ3n) is 3.91. The average molecular weight is 328 g/mol. The molecular weight excluding hydrogens is 309 g/mol. The van der Waals surface area contributed by atoms with E-state index < -0.39 is 0 Å². The van der Waals surface area contributed by atoms with Crippen LogP contribution in [0.3, 0.4) is 0 Å². The molecule has 104 valence electrons. The van der Waals surface area contributed by atoms with Crippen LogP contribution in [0.5, 0.6) is 0 Å². The predicted octanol–water partition coefficient (Wildman–Crippen LogP) is 4.66. The Morgan fingerprint density at radius 2 is 1.95 bits per heavy atom. The Morgan fingerprint density at radius 3 is 2.58 bits per heavy atom. The number of rotatable bonds is 2. The van der Waals surface area contributed by atoms with Crippen LogP contribution in [-0.2, 0) is 4.79 Å². The summed E-state index contributed by atoms with van der Waals surface area (Å²) in [5.41, 5.74) is 1.44. The van der Waals surface area contributed by atoms with Gasteiger partial charge >= 0.3 is 0 Å². The molecule has 1 amide bonds. The van der Waals surface area contributed by atoms with Gasteiger partial charge in [0.05, 0.1) is 4.47 Å². The molecule has 1 aliphatic rings. The Bertz CT molecular complexity index is 481. The first-order chi connectivity index (χ1) is 8.97. The fourth-order valence-electron chi connectivity index (χ4n) is 2.54. The summed E-state index contributed by atoms with van der Waals surface area (Å²) in [6, 6.07) is 3.07. The molecule has 1 aliphatic carbocycles. The van der Waals surface area contributed by atoms with E-state index >= 15 is 0 Å². The van der Waals surface area contributed by atoms with E-state index in [-0.39, 0.29) is 17.6 Å². The summed E-state index contributed by atoms with van der Waals surface area (Å²) in [6.07, 6.45) is 4.08. The number of nitrogens with one attached hydrogen (secondary N) is 1. The number of halogens is 2. The Morgan fingerprint density at radius 1 is 1.32 bits per heavy atom. The lowest BCUT2D eigenvalue weighted by Gasteiger charge is -2.25. The third kappa shape index (κ3) is 3.56. The standard InChI is InChI=1S/C15H19BrFNO/c1-9-3-5-11(6-4-9)15(19)18-14-8-13(17)12(16)7-10(14)2/h7-9,11H,3-6H2,1-2H3,(H,18,19). The lowest BCUT2D eigenvalue weighted by Crippen LogP contribution is -2.26. The number of carbonyl (C=O) groups is 1. The van der Waals surface area contributed by atoms with Gasteiger partial charge in [-0.05, 0) is 72.2 Å². The molecule has 1 N–H and O–H groups in total. The van der Waals surface area contributed by atoms with E-state index in [1.165, 1.54) is 6.07 Å². The van der Waals surface area contributed by atoms with E-state index in [0.29, 0.717) is 10.2 Å². The van der Waals surface area contributed by atoms with E-state index in [1.807, 2.05) is 6.92 Å². The van der Waals surface area contributed by atoms with Gasteiger partial charge in [0.15, 0.2) is 0 Å². The second-order valence-electron chi connectivity index (χ2n) is 5.53. The van der Waals surface area contributed by atoms with Gasteiger partial charge in [0, 0.05) is 11.6 Å². The summed E-state index contributed by atoms with van der Waals surface area (Å²) in [5.74, 6) is 0.466. The maximum absolute atomic E-state index is 13.5. The van der Waals surface area contributed by atoms with E-state index in [2.05, 4.69) is 28.2 Å². The van der Waals surface area contributed by atoms with Crippen LogP contribution in [0.2, 0.25) is 0 Å². The minimum Gasteiger partial charge on any atom is -0.326 e. The Hall–Kier alpha value is -0.900. The summed E-state index contributed by atoms with van der Waals surface area (Å²) >= 11 is 3.14. The van der Waals surface area contributed by atoms with Crippen molar-refractivity contribution in [1.82, 2.24) is 0 Å². The van der Waals surface area contributed by atoms with Gasteiger partial charge in [-0.2, -0.15) is 0 Å². The fourth-order valence-corrected chi connectivity index (χ4v) is 3.00. The van der Waals surface area contributed by atoms with Crippen molar-refractivity contribution < 1.29 is 9.18 Å². The second-order valence-corrected chi connectivity index (χ2v) is 6.38. The Balaban J connectivity index is 2.05. The van der Waals surface area contributed by atoms with Crippen molar-refractivity contribution >= 4 is 27.5 Å². The molecule has 4 heteroatoms. The van der Waals surface area contributed by atoms with E-state index in [9.17, 15) is 9.18 Å². The number of hydrogen-bond acceptors (Lipinski definition) is 1. The quantitative estimate of drug-likeness (QED) is 0.840. The lowest BCUT2D eigenvalue weighted by atomic mass is 9.82. The molecule has 1 fully saturated rings. The van der Waals surface area contributed by atoms with Crippen LogP contribution < -0.4 is 5.32 Å². The summed E-state index contributed by atoms with van der Waals surface area (Å²) in [5, 5.41) is 2.86. The molecule has 0 spiro atoms. The van der Waals surface area contributed by atoms with Crippen molar-refractivity contribution in [2.45, 2.75) is 39.5 Å². The summed E-state index contributed by atoms with van der Waals surface area (Å²) in [7, 11) is 0. The number of amides is 1. The zero-order valence-corrected chi connectivity index (χ0v) is 12.9. The topological polar surface area (TPSA) is 29.1 Å². The molecule has 0 radical (unpaired) electrons. The second kappa shape index (κ2) is 6.04. The van der Waals surface area contributed by atoms with Crippen LogP contribution >= 0.6 is 15.9 Å². The molecule has 0 unspecified atom stereocenters. The van der Waals surface area contributed by atoms with Crippen LogP contribution in [-0.4, -0.2) is 5.91 Å². The van der Waals surface area contributed by atoms with Crippen molar-refractivity contribution in [3.05, 3.63) is 28.0 Å². The molecule has 2 rings (SSSR count). The van der Waals surface area contributed by atoms with E-state index in [0.717, 1.165) is 37.2 Å². The van der Waals surface area contributed by atoms with Crippen LogP contribution in [0, 0.1) is 24.6 Å². The largest absolute Gasteiger partial charge is 0.326 e. The average Bonchev–Trinajstić information content (AvgIpc) is 2.36. The molecule has 0 heterocycles. The van der Waals surface area contributed by atoms with Gasteiger partial charge in [0.2, 0.25) is 5.91 Å². The van der Waals surface area contributed by atoms with Gasteiger partial charge < -0.3 is 5.32 Å². The first-order valence-electron chi connectivity index (χ1n) is 6.74. The van der Waals surface area contributed by atoms with Crippen molar-refractivity contribution in [3.63, 3.8) is 0 Å². The molecule has 0 bridgehead atoms. The lowest BCUT2D eigenvalue weighted by molar-refractivity contribution is -0.121. The normalized spacial score (nSPS) is 23.2. The van der Waals surface area contributed by atoms with Crippen molar-refractivity contribution in [3.8, 4) is 0 Å². The van der Waals surface area contributed by atoms with Gasteiger partial charge in [-0.3, -0.25) is 4.79 Å². The molecule has 2 nitrogen and oxygen atoms in total. The number of benzene rings is 1. The first kappa shape index (κ1) is 14.5. The van der Waals surface area contributed by atoms with Gasteiger partial charge in [-0.25, -0.2) is 4.39 Å². The number of carbonyl (C=O) groups excluding carboxylic acids is 1. The molecule has 19 heavy (non-hydrogen) atoms. The Kier molecular flexibility index (Phi) is 4.61. The van der Waals surface area contributed by atoms with Crippen LogP contribution in [0.1, 0.15) is 38.2 Å². The molecule has 1 aromatic carbocycles. The van der Waals surface area contributed by atoms with Gasteiger partial charge in [0.25, 0.3) is 0 Å². The van der Waals surface area contributed by atoms with Crippen LogP contribution in [0.15, 0.2) is 16.6 Å². The summed E-state index contributed by atoms with van der Waals surface area (Å²) < 4.78 is 13.9. The highest BCUT2D eigenvalue weighted by Gasteiger charge is 2.24. The van der Waals surface area contributed by atoms with Gasteiger partial charge in [-0.1, -0.05) is 6.92 Å². The molecular formula is C15H19BrFNO. The molecule has 1 saturated carbocycles. The van der Waals surface area contributed by atoms with Gasteiger partial charge in [0.1, 0.15) is 5.82 Å². The number of hydrogen-bond donors (Lipinski definition) is 1. The summed E-state index contributed by atoms with van der Waals surface area (Å²) in [4.78, 5) is 12.2. The first-order valence-corrected chi connectivity index (χ1v) is 7.53. The molecule has 0 saturated heterocycles. The number of anilines is 1. The monoisotopic (exact) mass is 327 g/mol. The summed E-state index contributed by atoms with van der Waals surface area (Å²) in [6.45, 7) is 4.09. The van der Waals surface area contributed by atoms with E-state index in [1.54, 1.807) is 6.07 Å². The molecule has 0 aromatic heterocycles. The third-order valence-corrected chi connectivity index (χ3v) is 4.52. The minimum absolute atomic E-state index is 0.0247. The fraction of sp³-hybridized carbons (Fsp3) is 0.533. The van der Waals surface area contributed by atoms with Crippen LogP contribution in [0.4, 0.5) is 10.1 Å². The smallest absolute Gasteiger partial charge is 0.227 e.